The molecule has 1 aliphatic carbocycles. The number of nitrogens with zero attached hydrogens (tertiary/aromatic N) is 2. The molecular weight excluding hydrogens is 467 g/mol. The van der Waals surface area contributed by atoms with Crippen molar-refractivity contribution in [2.24, 2.45) is 5.92 Å². The van der Waals surface area contributed by atoms with E-state index in [0.29, 0.717) is 30.5 Å². The monoisotopic (exact) mass is 496 g/mol. The van der Waals surface area contributed by atoms with Gasteiger partial charge in [-0.25, -0.2) is 4.39 Å². The molecule has 2 aromatic rings. The predicted molar refractivity (Wildman–Crippen MR) is 130 cm³/mol. The van der Waals surface area contributed by atoms with Crippen molar-refractivity contribution in [3.05, 3.63) is 75.6 Å². The Hall–Kier alpha value is -3.82. The standard InChI is InChI=1S/C26H29FN4O5/c27-20-11-7-17(8-12-20)24(32)28-22-5-1-2-6-23(22)29-25(33)19-4-3-15-30(16-19)26(34)18-9-13-21(14-10-18)31(35)36/h7-14,19,22-23H,1-6,15-16H2,(H,28,32)(H,29,33)/t19-,22+,23+/m0/s1. The summed E-state index contributed by atoms with van der Waals surface area (Å²) < 4.78 is 13.2. The molecule has 1 saturated carbocycles. The Morgan fingerprint density at radius 3 is 2.11 bits per heavy atom. The van der Waals surface area contributed by atoms with E-state index in [2.05, 4.69) is 10.6 Å². The molecule has 2 aromatic carbocycles. The summed E-state index contributed by atoms with van der Waals surface area (Å²) in [6, 6.07) is 10.3. The topological polar surface area (TPSA) is 122 Å². The number of rotatable bonds is 6. The van der Waals surface area contributed by atoms with E-state index < -0.39 is 10.7 Å². The summed E-state index contributed by atoms with van der Waals surface area (Å²) >= 11 is 0. The third-order valence-corrected chi connectivity index (χ3v) is 6.92. The van der Waals surface area contributed by atoms with Gasteiger partial charge in [-0.15, -0.1) is 0 Å². The normalized spacial score (nSPS) is 21.9. The van der Waals surface area contributed by atoms with Gasteiger partial charge in [0.1, 0.15) is 5.82 Å². The quantitative estimate of drug-likeness (QED) is 0.469. The van der Waals surface area contributed by atoms with Gasteiger partial charge in [0.25, 0.3) is 17.5 Å². The lowest BCUT2D eigenvalue weighted by molar-refractivity contribution is -0.384. The first kappa shape index (κ1) is 25.3. The SMILES string of the molecule is O=C(N[C@@H]1CCCC[C@H]1NC(=O)[C@H]1CCCN(C(=O)c2ccc([N+](=O)[O-])cc2)C1)c1ccc(F)cc1. The Kier molecular flexibility index (Phi) is 7.92. The van der Waals surface area contributed by atoms with Gasteiger partial charge in [-0.1, -0.05) is 12.8 Å². The average molecular weight is 497 g/mol. The maximum absolute atomic E-state index is 13.2. The Morgan fingerprint density at radius 1 is 0.861 bits per heavy atom. The van der Waals surface area contributed by atoms with Crippen LogP contribution in [0.3, 0.4) is 0 Å². The third kappa shape index (κ3) is 6.05. The van der Waals surface area contributed by atoms with Crippen LogP contribution in [0.25, 0.3) is 0 Å². The predicted octanol–water partition coefficient (Wildman–Crippen LogP) is 3.44. The number of piperidine rings is 1. The maximum atomic E-state index is 13.2. The van der Waals surface area contributed by atoms with Crippen LogP contribution in [0, 0.1) is 21.8 Å². The van der Waals surface area contributed by atoms with E-state index in [1.54, 1.807) is 4.90 Å². The zero-order valence-corrected chi connectivity index (χ0v) is 19.8. The lowest BCUT2D eigenvalue weighted by Crippen LogP contribution is -2.55. The van der Waals surface area contributed by atoms with Crippen molar-refractivity contribution in [1.29, 1.82) is 0 Å². The molecule has 2 N–H and O–H groups in total. The van der Waals surface area contributed by atoms with Crippen LogP contribution in [0.15, 0.2) is 48.5 Å². The van der Waals surface area contributed by atoms with E-state index in [1.165, 1.54) is 48.5 Å². The molecule has 2 fully saturated rings. The van der Waals surface area contributed by atoms with Crippen molar-refractivity contribution in [1.82, 2.24) is 15.5 Å². The van der Waals surface area contributed by atoms with Crippen LogP contribution in [-0.2, 0) is 4.79 Å². The highest BCUT2D eigenvalue weighted by Crippen LogP contribution is 2.23. The zero-order chi connectivity index (χ0) is 25.7. The second-order valence-corrected chi connectivity index (χ2v) is 9.38. The smallest absolute Gasteiger partial charge is 0.269 e. The molecule has 1 saturated heterocycles. The summed E-state index contributed by atoms with van der Waals surface area (Å²) in [4.78, 5) is 50.7. The molecular formula is C26H29FN4O5. The van der Waals surface area contributed by atoms with Crippen molar-refractivity contribution in [2.75, 3.05) is 13.1 Å². The van der Waals surface area contributed by atoms with Gasteiger partial charge < -0.3 is 15.5 Å². The van der Waals surface area contributed by atoms with Gasteiger partial charge in [-0.3, -0.25) is 24.5 Å². The number of nitrogens with one attached hydrogen (secondary N) is 2. The second-order valence-electron chi connectivity index (χ2n) is 9.38. The van der Waals surface area contributed by atoms with Crippen LogP contribution in [0.5, 0.6) is 0 Å². The summed E-state index contributed by atoms with van der Waals surface area (Å²) in [5.41, 5.74) is 0.619. The highest BCUT2D eigenvalue weighted by atomic mass is 19.1. The van der Waals surface area contributed by atoms with Crippen molar-refractivity contribution in [3.8, 4) is 0 Å². The molecule has 0 unspecified atom stereocenters. The van der Waals surface area contributed by atoms with Crippen molar-refractivity contribution in [2.45, 2.75) is 50.6 Å². The molecule has 9 nitrogen and oxygen atoms in total. The van der Waals surface area contributed by atoms with Gasteiger partial charge in [0.2, 0.25) is 5.91 Å². The number of hydrogen-bond donors (Lipinski definition) is 2. The van der Waals surface area contributed by atoms with Crippen molar-refractivity contribution in [3.63, 3.8) is 0 Å². The maximum Gasteiger partial charge on any atom is 0.269 e. The van der Waals surface area contributed by atoms with Gasteiger partial charge in [0.15, 0.2) is 0 Å². The number of likely N-dealkylation sites (tertiary alicyclic amines) is 1. The van der Waals surface area contributed by atoms with Gasteiger partial charge in [0.05, 0.1) is 10.8 Å². The van der Waals surface area contributed by atoms with Crippen LogP contribution in [0.4, 0.5) is 10.1 Å². The number of non-ortho nitro benzene ring substituents is 1. The van der Waals surface area contributed by atoms with Crippen molar-refractivity contribution < 1.29 is 23.7 Å². The molecule has 4 rings (SSSR count). The molecule has 0 aromatic heterocycles. The van der Waals surface area contributed by atoms with Crippen LogP contribution >= 0.6 is 0 Å². The van der Waals surface area contributed by atoms with Gasteiger partial charge in [-0.05, 0) is 62.1 Å². The lowest BCUT2D eigenvalue weighted by atomic mass is 9.88. The molecule has 3 atom stereocenters. The number of benzene rings is 2. The first-order valence-corrected chi connectivity index (χ1v) is 12.2. The fraction of sp³-hybridized carbons (Fsp3) is 0.423. The van der Waals surface area contributed by atoms with E-state index in [0.717, 1.165) is 25.7 Å². The number of amides is 3. The molecule has 0 spiro atoms. The highest BCUT2D eigenvalue weighted by Gasteiger charge is 2.33. The fourth-order valence-electron chi connectivity index (χ4n) is 4.91. The van der Waals surface area contributed by atoms with Crippen LogP contribution in [0.2, 0.25) is 0 Å². The minimum atomic E-state index is -0.518. The number of carbonyl (C=O) groups excluding carboxylic acids is 3. The molecule has 10 heteroatoms. The van der Waals surface area contributed by atoms with Gasteiger partial charge in [0, 0.05) is 48.4 Å². The van der Waals surface area contributed by atoms with Crippen LogP contribution in [0.1, 0.15) is 59.2 Å². The summed E-state index contributed by atoms with van der Waals surface area (Å²) in [6.07, 6.45) is 4.65. The van der Waals surface area contributed by atoms with Crippen molar-refractivity contribution >= 4 is 23.4 Å². The Balaban J connectivity index is 1.36. The summed E-state index contributed by atoms with van der Waals surface area (Å²) in [5, 5.41) is 16.9. The summed E-state index contributed by atoms with van der Waals surface area (Å²) in [7, 11) is 0. The minimum absolute atomic E-state index is 0.0870. The number of halogens is 1. The number of carbonyl (C=O) groups is 3. The Labute approximate surface area is 208 Å². The largest absolute Gasteiger partial charge is 0.351 e. The van der Waals surface area contributed by atoms with Crippen LogP contribution in [-0.4, -0.2) is 52.7 Å². The second kappa shape index (κ2) is 11.3. The Morgan fingerprint density at radius 2 is 1.47 bits per heavy atom. The molecule has 1 aliphatic heterocycles. The molecule has 36 heavy (non-hydrogen) atoms. The van der Waals surface area contributed by atoms with E-state index >= 15 is 0 Å². The lowest BCUT2D eigenvalue weighted by Gasteiger charge is -2.36. The molecule has 0 radical (unpaired) electrons. The first-order valence-electron chi connectivity index (χ1n) is 12.2. The molecule has 1 heterocycles. The summed E-state index contributed by atoms with van der Waals surface area (Å²) in [6.45, 7) is 0.778. The Bertz CT molecular complexity index is 1120. The number of nitro benzene ring substituents is 1. The highest BCUT2D eigenvalue weighted by molar-refractivity contribution is 5.95. The number of hydrogen-bond acceptors (Lipinski definition) is 5. The van der Waals surface area contributed by atoms with E-state index in [9.17, 15) is 28.9 Å². The third-order valence-electron chi connectivity index (χ3n) is 6.92. The zero-order valence-electron chi connectivity index (χ0n) is 19.8. The van der Waals surface area contributed by atoms with Gasteiger partial charge in [-0.2, -0.15) is 0 Å². The molecule has 3 amide bonds. The summed E-state index contributed by atoms with van der Waals surface area (Å²) in [5.74, 6) is -1.51. The minimum Gasteiger partial charge on any atom is -0.351 e. The molecule has 190 valence electrons. The molecule has 0 bridgehead atoms. The van der Waals surface area contributed by atoms with E-state index in [-0.39, 0.29) is 48.0 Å². The molecule has 2 aliphatic rings. The van der Waals surface area contributed by atoms with E-state index in [1.807, 2.05) is 0 Å². The van der Waals surface area contributed by atoms with Crippen LogP contribution < -0.4 is 10.6 Å². The average Bonchev–Trinajstić information content (AvgIpc) is 2.89. The van der Waals surface area contributed by atoms with E-state index in [4.69, 9.17) is 0 Å². The fourth-order valence-corrected chi connectivity index (χ4v) is 4.91. The first-order chi connectivity index (χ1) is 17.3. The van der Waals surface area contributed by atoms with Gasteiger partial charge >= 0.3 is 0 Å². The number of nitro groups is 1.